The Hall–Kier alpha value is -4.72. The lowest BCUT2D eigenvalue weighted by Gasteiger charge is -2.24. The first-order valence-corrected chi connectivity index (χ1v) is 13.1. The number of allylic oxidation sites excluding steroid dienone is 4. The Balaban J connectivity index is 1.53. The van der Waals surface area contributed by atoms with E-state index >= 15 is 0 Å². The molecule has 0 atom stereocenters. The van der Waals surface area contributed by atoms with Crippen LogP contribution in [0.3, 0.4) is 0 Å². The second-order valence-corrected chi connectivity index (χ2v) is 9.54. The Labute approximate surface area is 227 Å². The predicted octanol–water partition coefficient (Wildman–Crippen LogP) is 6.03. The average Bonchev–Trinajstić information content (AvgIpc) is 3.38. The van der Waals surface area contributed by atoms with E-state index in [1.54, 1.807) is 24.1 Å². The maximum absolute atomic E-state index is 14.3. The molecular formula is C31H29N5O3. The molecule has 196 valence electrons. The number of ether oxygens (including phenoxy) is 2. The summed E-state index contributed by atoms with van der Waals surface area (Å²) in [5, 5.41) is 8.37. The van der Waals surface area contributed by atoms with Crippen molar-refractivity contribution in [3.63, 3.8) is 0 Å². The molecule has 3 heterocycles. The number of methoxy groups -OCH3 is 2. The summed E-state index contributed by atoms with van der Waals surface area (Å²) in [6.45, 7) is 0. The molecule has 0 spiro atoms. The van der Waals surface area contributed by atoms with Crippen LogP contribution in [0.25, 0.3) is 22.4 Å². The highest BCUT2D eigenvalue weighted by Gasteiger charge is 2.34. The topological polar surface area (TPSA) is 91.2 Å². The van der Waals surface area contributed by atoms with Gasteiger partial charge in [0.25, 0.3) is 5.91 Å². The van der Waals surface area contributed by atoms with E-state index in [4.69, 9.17) is 14.6 Å². The van der Waals surface area contributed by atoms with Crippen molar-refractivity contribution < 1.29 is 14.3 Å². The minimum atomic E-state index is -0.190. The van der Waals surface area contributed by atoms with Crippen LogP contribution in [0, 0.1) is 0 Å². The summed E-state index contributed by atoms with van der Waals surface area (Å²) in [5.74, 6) is 1.07. The molecule has 6 rings (SSSR count). The third-order valence-electron chi connectivity index (χ3n) is 7.17. The Morgan fingerprint density at radius 1 is 0.923 bits per heavy atom. The fourth-order valence-corrected chi connectivity index (χ4v) is 5.30. The van der Waals surface area contributed by atoms with Crippen molar-refractivity contribution >= 4 is 22.9 Å². The number of hydrogen-bond acceptors (Lipinski definition) is 7. The van der Waals surface area contributed by atoms with Gasteiger partial charge >= 0.3 is 6.01 Å². The molecule has 4 aromatic rings. The number of hydrogen-bond donors (Lipinski definition) is 1. The lowest BCUT2D eigenvalue weighted by Crippen LogP contribution is -2.27. The van der Waals surface area contributed by atoms with Gasteiger partial charge in [0.2, 0.25) is 0 Å². The highest BCUT2D eigenvalue weighted by molar-refractivity contribution is 6.23. The van der Waals surface area contributed by atoms with Crippen molar-refractivity contribution in [2.75, 3.05) is 19.5 Å². The van der Waals surface area contributed by atoms with Gasteiger partial charge in [-0.3, -0.25) is 4.79 Å². The van der Waals surface area contributed by atoms with Crippen molar-refractivity contribution in [3.05, 3.63) is 95.5 Å². The zero-order valence-electron chi connectivity index (χ0n) is 22.0. The van der Waals surface area contributed by atoms with Gasteiger partial charge in [0, 0.05) is 29.4 Å². The van der Waals surface area contributed by atoms with Crippen LogP contribution < -0.4 is 14.8 Å². The lowest BCUT2D eigenvalue weighted by molar-refractivity contribution is 0.0958. The molecule has 0 saturated carbocycles. The van der Waals surface area contributed by atoms with Crippen molar-refractivity contribution in [2.24, 2.45) is 0 Å². The number of anilines is 1. The maximum atomic E-state index is 14.3. The number of benzene rings is 2. The molecule has 0 unspecified atom stereocenters. The van der Waals surface area contributed by atoms with Crippen molar-refractivity contribution in [2.45, 2.75) is 32.1 Å². The molecule has 0 saturated heterocycles. The van der Waals surface area contributed by atoms with Gasteiger partial charge in [-0.25, -0.2) is 4.98 Å². The molecule has 0 fully saturated rings. The first-order valence-electron chi connectivity index (χ1n) is 13.1. The van der Waals surface area contributed by atoms with Gasteiger partial charge in [0.1, 0.15) is 17.3 Å². The molecule has 0 bridgehead atoms. The standard InChI is InChI=1S/C31H29N5O3/c1-38-23-15-13-21(14-16-23)27-24(33-26-17-18-32-31(34-26)39-2)19-25-28(20-9-5-3-6-10-20)29(35-36(25)30(27)37)22-11-7-4-8-12-22/h4,7-9,11-18H,3,5-6,10,19H2,1-2H3,(H,32,33,34). The van der Waals surface area contributed by atoms with Crippen LogP contribution in [-0.4, -0.2) is 39.9 Å². The van der Waals surface area contributed by atoms with E-state index < -0.39 is 0 Å². The summed E-state index contributed by atoms with van der Waals surface area (Å²) in [6, 6.07) is 19.6. The van der Waals surface area contributed by atoms with Crippen LogP contribution in [0.4, 0.5) is 5.82 Å². The number of carbonyl (C=O) groups is 1. The van der Waals surface area contributed by atoms with Crippen LogP contribution in [0.15, 0.2) is 78.6 Å². The SMILES string of the molecule is COc1ccc(C2=C(Nc3ccnc(OC)n3)Cc3c(C4=CCCCC4)c(-c4ccccc4)nn3C2=O)cc1. The highest BCUT2D eigenvalue weighted by atomic mass is 16.5. The van der Waals surface area contributed by atoms with Crippen LogP contribution in [0.2, 0.25) is 0 Å². The van der Waals surface area contributed by atoms with E-state index in [1.807, 2.05) is 42.5 Å². The number of carbonyl (C=O) groups excluding carboxylic acids is 1. The second kappa shape index (κ2) is 10.6. The summed E-state index contributed by atoms with van der Waals surface area (Å²) in [4.78, 5) is 22.8. The highest BCUT2D eigenvalue weighted by Crippen LogP contribution is 2.40. The predicted molar refractivity (Wildman–Crippen MR) is 151 cm³/mol. The first-order chi connectivity index (χ1) is 19.2. The Morgan fingerprint density at radius 2 is 1.74 bits per heavy atom. The van der Waals surface area contributed by atoms with E-state index in [2.05, 4.69) is 33.5 Å². The monoisotopic (exact) mass is 519 g/mol. The first kappa shape index (κ1) is 24.6. The second-order valence-electron chi connectivity index (χ2n) is 9.54. The fourth-order valence-electron chi connectivity index (χ4n) is 5.30. The van der Waals surface area contributed by atoms with Gasteiger partial charge in [-0.05, 0) is 55.0 Å². The molecule has 2 aliphatic rings. The third-order valence-corrected chi connectivity index (χ3v) is 7.17. The zero-order valence-corrected chi connectivity index (χ0v) is 22.0. The van der Waals surface area contributed by atoms with Crippen LogP contribution in [-0.2, 0) is 6.42 Å². The number of aromatic nitrogens is 4. The summed E-state index contributed by atoms with van der Waals surface area (Å²) < 4.78 is 12.2. The van der Waals surface area contributed by atoms with E-state index in [9.17, 15) is 4.79 Å². The molecule has 39 heavy (non-hydrogen) atoms. The smallest absolute Gasteiger partial charge is 0.318 e. The number of fused-ring (bicyclic) bond motifs is 1. The Kier molecular flexibility index (Phi) is 6.67. The lowest BCUT2D eigenvalue weighted by atomic mass is 9.88. The molecule has 8 nitrogen and oxygen atoms in total. The molecule has 0 amide bonds. The minimum Gasteiger partial charge on any atom is -0.497 e. The maximum Gasteiger partial charge on any atom is 0.318 e. The molecule has 0 radical (unpaired) electrons. The molecule has 1 aliphatic heterocycles. The molecule has 2 aromatic carbocycles. The van der Waals surface area contributed by atoms with Crippen molar-refractivity contribution in [1.29, 1.82) is 0 Å². The normalized spacial score (nSPS) is 15.0. The summed E-state index contributed by atoms with van der Waals surface area (Å²) in [7, 11) is 3.15. The molecular weight excluding hydrogens is 490 g/mol. The zero-order chi connectivity index (χ0) is 26.8. The molecule has 2 aromatic heterocycles. The van der Waals surface area contributed by atoms with Crippen LogP contribution >= 0.6 is 0 Å². The van der Waals surface area contributed by atoms with Gasteiger partial charge in [0.15, 0.2) is 0 Å². The minimum absolute atomic E-state index is 0.190. The molecule has 1 aliphatic carbocycles. The van der Waals surface area contributed by atoms with Gasteiger partial charge in [-0.2, -0.15) is 14.8 Å². The largest absolute Gasteiger partial charge is 0.497 e. The summed E-state index contributed by atoms with van der Waals surface area (Å²) >= 11 is 0. The summed E-state index contributed by atoms with van der Waals surface area (Å²) in [6.07, 6.45) is 8.71. The van der Waals surface area contributed by atoms with Crippen LogP contribution in [0.1, 0.15) is 47.3 Å². The summed E-state index contributed by atoms with van der Waals surface area (Å²) in [5.41, 5.74) is 7.08. The number of rotatable bonds is 7. The third kappa shape index (κ3) is 4.69. The fraction of sp³-hybridized carbons (Fsp3) is 0.226. The number of nitrogens with zero attached hydrogens (tertiary/aromatic N) is 4. The molecule has 1 N–H and O–H groups in total. The van der Waals surface area contributed by atoms with E-state index in [1.165, 1.54) is 19.1 Å². The number of nitrogens with one attached hydrogen (secondary N) is 1. The molecule has 8 heteroatoms. The quantitative estimate of drug-likeness (QED) is 0.319. The Bertz CT molecular complexity index is 1590. The van der Waals surface area contributed by atoms with E-state index in [-0.39, 0.29) is 11.9 Å². The van der Waals surface area contributed by atoms with Gasteiger partial charge < -0.3 is 14.8 Å². The van der Waals surface area contributed by atoms with Crippen molar-refractivity contribution in [3.8, 4) is 23.0 Å². The van der Waals surface area contributed by atoms with E-state index in [0.29, 0.717) is 17.8 Å². The van der Waals surface area contributed by atoms with Crippen LogP contribution in [0.5, 0.6) is 11.8 Å². The van der Waals surface area contributed by atoms with Crippen molar-refractivity contribution in [1.82, 2.24) is 19.7 Å². The van der Waals surface area contributed by atoms with Gasteiger partial charge in [-0.15, -0.1) is 0 Å². The van der Waals surface area contributed by atoms with E-state index in [0.717, 1.165) is 58.8 Å². The average molecular weight is 520 g/mol. The van der Waals surface area contributed by atoms with Gasteiger partial charge in [0.05, 0.1) is 25.5 Å². The van der Waals surface area contributed by atoms with Gasteiger partial charge in [-0.1, -0.05) is 48.5 Å². The Morgan fingerprint density at radius 3 is 2.46 bits per heavy atom.